The molecule has 31 heavy (non-hydrogen) atoms. The largest absolute Gasteiger partial charge is 0.463 e. The van der Waals surface area contributed by atoms with E-state index in [1.54, 1.807) is 5.32 Å². The van der Waals surface area contributed by atoms with E-state index < -0.39 is 40.3 Å². The maximum atomic E-state index is 14.1. The molecule has 1 amide bonds. The highest BCUT2D eigenvalue weighted by molar-refractivity contribution is 7.89. The molecular weight excluding hydrogens is 463 g/mol. The van der Waals surface area contributed by atoms with E-state index in [1.165, 1.54) is 25.1 Å². The van der Waals surface area contributed by atoms with Crippen molar-refractivity contribution in [1.29, 1.82) is 0 Å². The molecule has 2 aromatic rings. The molecule has 8 nitrogen and oxygen atoms in total. The number of primary sulfonamides is 1. The second kappa shape index (κ2) is 9.12. The topological polar surface area (TPSA) is 128 Å². The monoisotopic (exact) mass is 479 g/mol. The van der Waals surface area contributed by atoms with Gasteiger partial charge in [-0.1, -0.05) is 17.7 Å². The molecule has 2 aromatic carbocycles. The van der Waals surface area contributed by atoms with E-state index >= 15 is 0 Å². The Labute approximate surface area is 180 Å². The van der Waals surface area contributed by atoms with Gasteiger partial charge in [0.15, 0.2) is 0 Å². The lowest BCUT2D eigenvalue weighted by Crippen LogP contribution is -2.69. The average molecular weight is 480 g/mol. The number of alkyl halides is 3. The molecule has 0 heterocycles. The number of anilines is 1. The molecule has 0 saturated heterocycles. The maximum absolute atomic E-state index is 14.1. The van der Waals surface area contributed by atoms with Crippen LogP contribution in [0, 0.1) is 0 Å². The third kappa shape index (κ3) is 5.66. The molecule has 0 aromatic heterocycles. The SMILES string of the molecule is CCOC(=O)C(NC(=O)c1cccc(Cl)c1)(Nc1ccc(S(N)(=O)=O)cc1)C(F)(F)F. The van der Waals surface area contributed by atoms with Gasteiger partial charge >= 0.3 is 17.8 Å². The average Bonchev–Trinajstić information content (AvgIpc) is 2.66. The van der Waals surface area contributed by atoms with Gasteiger partial charge in [-0.25, -0.2) is 18.4 Å². The minimum absolute atomic E-state index is 0.0907. The van der Waals surface area contributed by atoms with Crippen molar-refractivity contribution < 1.29 is 35.9 Å². The van der Waals surface area contributed by atoms with Gasteiger partial charge in [-0.05, 0) is 49.4 Å². The number of hydrogen-bond donors (Lipinski definition) is 3. The summed E-state index contributed by atoms with van der Waals surface area (Å²) in [6.45, 7) is 0.883. The highest BCUT2D eigenvalue weighted by atomic mass is 35.5. The number of amides is 1. The van der Waals surface area contributed by atoms with Crippen LogP contribution in [-0.2, 0) is 19.6 Å². The number of carbonyl (C=O) groups is 2. The van der Waals surface area contributed by atoms with Crippen molar-refractivity contribution in [2.24, 2.45) is 5.14 Å². The van der Waals surface area contributed by atoms with Crippen molar-refractivity contribution in [3.63, 3.8) is 0 Å². The summed E-state index contributed by atoms with van der Waals surface area (Å²) in [5, 5.41) is 8.61. The molecule has 1 atom stereocenters. The van der Waals surface area contributed by atoms with E-state index in [0.29, 0.717) is 0 Å². The van der Waals surface area contributed by atoms with Crippen molar-refractivity contribution in [1.82, 2.24) is 5.32 Å². The van der Waals surface area contributed by atoms with Gasteiger partial charge in [0.25, 0.3) is 5.91 Å². The molecule has 2 rings (SSSR count). The van der Waals surface area contributed by atoms with Crippen LogP contribution in [0.5, 0.6) is 0 Å². The Morgan fingerprint density at radius 2 is 1.74 bits per heavy atom. The minimum atomic E-state index is -5.37. The fraction of sp³-hybridized carbons (Fsp3) is 0.222. The number of esters is 1. The molecule has 0 aliphatic heterocycles. The quantitative estimate of drug-likeness (QED) is 0.414. The van der Waals surface area contributed by atoms with Crippen LogP contribution in [-0.4, -0.2) is 38.7 Å². The molecule has 0 saturated carbocycles. The van der Waals surface area contributed by atoms with Crippen molar-refractivity contribution in [3.8, 4) is 0 Å². The number of benzene rings is 2. The predicted molar refractivity (Wildman–Crippen MR) is 106 cm³/mol. The van der Waals surface area contributed by atoms with Gasteiger partial charge in [0.1, 0.15) is 0 Å². The molecule has 1 unspecified atom stereocenters. The first-order valence-corrected chi connectivity index (χ1v) is 10.5. The molecule has 0 aliphatic rings. The molecule has 0 radical (unpaired) electrons. The molecule has 13 heteroatoms. The van der Waals surface area contributed by atoms with Gasteiger partial charge < -0.3 is 15.4 Å². The summed E-state index contributed by atoms with van der Waals surface area (Å²) >= 11 is 5.77. The van der Waals surface area contributed by atoms with Gasteiger partial charge in [-0.15, -0.1) is 0 Å². The standard InChI is InChI=1S/C18H17ClF3N3O5S/c1-2-30-16(27)17(18(20,21)22,25-15(26)11-4-3-5-12(19)10-11)24-13-6-8-14(9-7-13)31(23,28)29/h3-10,24H,2H2,1H3,(H,25,26)(H2,23,28,29). The Kier molecular flexibility index (Phi) is 7.19. The first-order chi connectivity index (χ1) is 14.3. The zero-order chi connectivity index (χ0) is 23.4. The summed E-state index contributed by atoms with van der Waals surface area (Å²) in [5.41, 5.74) is -4.27. The summed E-state index contributed by atoms with van der Waals surface area (Å²) in [5.74, 6) is -3.09. The highest BCUT2D eigenvalue weighted by Crippen LogP contribution is 2.34. The van der Waals surface area contributed by atoms with E-state index in [0.717, 1.165) is 30.3 Å². The number of nitrogens with two attached hydrogens (primary N) is 1. The number of sulfonamides is 1. The zero-order valence-electron chi connectivity index (χ0n) is 15.9. The van der Waals surface area contributed by atoms with Gasteiger partial charge in [-0.3, -0.25) is 4.79 Å². The second-order valence-electron chi connectivity index (χ2n) is 6.13. The molecule has 0 aliphatic carbocycles. The maximum Gasteiger partial charge on any atom is 0.441 e. The summed E-state index contributed by atoms with van der Waals surface area (Å²) in [6.07, 6.45) is -5.37. The Balaban J connectivity index is 2.52. The molecular formula is C18H17ClF3N3O5S. The lowest BCUT2D eigenvalue weighted by molar-refractivity contribution is -0.204. The van der Waals surface area contributed by atoms with Gasteiger partial charge in [0.05, 0.1) is 11.5 Å². The molecule has 0 fully saturated rings. The van der Waals surface area contributed by atoms with Crippen molar-refractivity contribution >= 4 is 39.2 Å². The van der Waals surface area contributed by atoms with E-state index in [2.05, 4.69) is 4.74 Å². The van der Waals surface area contributed by atoms with Crippen LogP contribution in [0.3, 0.4) is 0 Å². The third-order valence-corrected chi connectivity index (χ3v) is 5.07. The van der Waals surface area contributed by atoms with E-state index in [4.69, 9.17) is 16.7 Å². The summed E-state index contributed by atoms with van der Waals surface area (Å²) < 4.78 is 69.7. The molecule has 168 valence electrons. The van der Waals surface area contributed by atoms with Crippen molar-refractivity contribution in [3.05, 3.63) is 59.1 Å². The highest BCUT2D eigenvalue weighted by Gasteiger charge is 2.63. The fourth-order valence-electron chi connectivity index (χ4n) is 2.45. The Morgan fingerprint density at radius 3 is 2.23 bits per heavy atom. The summed E-state index contributed by atoms with van der Waals surface area (Å²) in [6, 6.07) is 8.84. The summed E-state index contributed by atoms with van der Waals surface area (Å²) in [4.78, 5) is 24.6. The molecule has 4 N–H and O–H groups in total. The van der Waals surface area contributed by atoms with Crippen LogP contribution in [0.25, 0.3) is 0 Å². The lowest BCUT2D eigenvalue weighted by Gasteiger charge is -2.35. The lowest BCUT2D eigenvalue weighted by atomic mass is 10.1. The molecule has 0 bridgehead atoms. The Bertz CT molecular complexity index is 1080. The second-order valence-corrected chi connectivity index (χ2v) is 8.12. The van der Waals surface area contributed by atoms with E-state index in [1.807, 2.05) is 5.32 Å². The Hall–Kier alpha value is -2.83. The van der Waals surface area contributed by atoms with Crippen molar-refractivity contribution in [2.45, 2.75) is 23.7 Å². The van der Waals surface area contributed by atoms with Crippen LogP contribution in [0.15, 0.2) is 53.4 Å². The first-order valence-electron chi connectivity index (χ1n) is 8.53. The molecule has 0 spiro atoms. The third-order valence-electron chi connectivity index (χ3n) is 3.91. The normalized spacial score (nSPS) is 13.7. The van der Waals surface area contributed by atoms with Gasteiger partial charge in [-0.2, -0.15) is 13.2 Å². The number of ether oxygens (including phenoxy) is 1. The predicted octanol–water partition coefficient (Wildman–Crippen LogP) is 2.65. The van der Waals surface area contributed by atoms with Crippen LogP contribution in [0.2, 0.25) is 5.02 Å². The van der Waals surface area contributed by atoms with Crippen LogP contribution >= 0.6 is 11.6 Å². The zero-order valence-corrected chi connectivity index (χ0v) is 17.4. The van der Waals surface area contributed by atoms with Crippen LogP contribution in [0.1, 0.15) is 17.3 Å². The fourth-order valence-corrected chi connectivity index (χ4v) is 3.15. The summed E-state index contributed by atoms with van der Waals surface area (Å²) in [7, 11) is -4.10. The van der Waals surface area contributed by atoms with E-state index in [9.17, 15) is 31.2 Å². The van der Waals surface area contributed by atoms with Crippen LogP contribution < -0.4 is 15.8 Å². The number of rotatable bonds is 7. The number of hydrogen-bond acceptors (Lipinski definition) is 6. The van der Waals surface area contributed by atoms with E-state index in [-0.39, 0.29) is 21.2 Å². The number of nitrogens with one attached hydrogen (secondary N) is 2. The minimum Gasteiger partial charge on any atom is -0.463 e. The Morgan fingerprint density at radius 1 is 1.13 bits per heavy atom. The van der Waals surface area contributed by atoms with Gasteiger partial charge in [0, 0.05) is 16.3 Å². The van der Waals surface area contributed by atoms with Crippen LogP contribution in [0.4, 0.5) is 18.9 Å². The number of halogens is 4. The van der Waals surface area contributed by atoms with Gasteiger partial charge in [0.2, 0.25) is 10.0 Å². The number of carbonyl (C=O) groups excluding carboxylic acids is 2. The first kappa shape index (κ1) is 24.4. The smallest absolute Gasteiger partial charge is 0.441 e. The van der Waals surface area contributed by atoms with Crippen molar-refractivity contribution in [2.75, 3.05) is 11.9 Å².